The maximum absolute atomic E-state index is 13.0. The lowest BCUT2D eigenvalue weighted by Crippen LogP contribution is -2.30. The van der Waals surface area contributed by atoms with Crippen LogP contribution in [-0.4, -0.2) is 37.2 Å². The van der Waals surface area contributed by atoms with Gasteiger partial charge >= 0.3 is 17.9 Å². The van der Waals surface area contributed by atoms with Crippen molar-refractivity contribution in [3.8, 4) is 0 Å². The third kappa shape index (κ3) is 69.5. The molecule has 1 atom stereocenters. The zero-order chi connectivity index (χ0) is 59.9. The summed E-state index contributed by atoms with van der Waals surface area (Å²) in [4.78, 5) is 38.5. The van der Waals surface area contributed by atoms with Crippen LogP contribution in [0, 0.1) is 0 Å². The molecular weight excluding hydrogens is 1020 g/mol. The molecule has 0 radical (unpaired) electrons. The predicted molar refractivity (Wildman–Crippen MR) is 362 cm³/mol. The standard InChI is InChI=1S/C77H138O6/c1-4-7-10-13-16-19-22-25-28-31-34-37-38-41-43-46-49-52-55-58-61-64-67-70-76(79)82-73-74(83-77(80)71-68-65-62-59-56-53-50-47-44-40-36-33-30-27-24-21-18-15-12-9-6-3)72-81-75(78)69-66-63-60-57-54-51-48-45-42-39-35-32-29-26-23-20-17-14-11-8-5-2/h7,10,16,19,25,28,33-34,36-37,41,43,74H,4-6,8-9,11-15,17-18,20-24,26-27,29-32,35,38-40,42,44-73H2,1-3H3/b10-7-,19-16-,28-25-,36-33-,37-34-,43-41-. The molecule has 0 aliphatic carbocycles. The van der Waals surface area contributed by atoms with Crippen molar-refractivity contribution in [3.05, 3.63) is 72.9 Å². The number of hydrogen-bond acceptors (Lipinski definition) is 6. The molecule has 482 valence electrons. The van der Waals surface area contributed by atoms with Gasteiger partial charge in [-0.05, 0) is 89.9 Å². The highest BCUT2D eigenvalue weighted by Gasteiger charge is 2.19. The smallest absolute Gasteiger partial charge is 0.306 e. The van der Waals surface area contributed by atoms with Crippen molar-refractivity contribution in [1.29, 1.82) is 0 Å². The van der Waals surface area contributed by atoms with Crippen molar-refractivity contribution >= 4 is 17.9 Å². The van der Waals surface area contributed by atoms with Gasteiger partial charge < -0.3 is 14.2 Å². The maximum Gasteiger partial charge on any atom is 0.306 e. The Kier molecular flexibility index (Phi) is 68.6. The highest BCUT2D eigenvalue weighted by Crippen LogP contribution is 2.18. The molecule has 0 amide bonds. The van der Waals surface area contributed by atoms with E-state index in [1.807, 2.05) is 0 Å². The zero-order valence-electron chi connectivity index (χ0n) is 55.5. The lowest BCUT2D eigenvalue weighted by atomic mass is 10.0. The fraction of sp³-hybridized carbons (Fsp3) is 0.805. The molecule has 0 saturated carbocycles. The fourth-order valence-corrected chi connectivity index (χ4v) is 10.8. The summed E-state index contributed by atoms with van der Waals surface area (Å²) in [5.41, 5.74) is 0. The number of esters is 3. The monoisotopic (exact) mass is 1160 g/mol. The lowest BCUT2D eigenvalue weighted by molar-refractivity contribution is -0.167. The molecule has 0 heterocycles. The molecule has 6 heteroatoms. The van der Waals surface area contributed by atoms with E-state index in [0.29, 0.717) is 19.3 Å². The number of rotatable bonds is 67. The Morgan fingerprint density at radius 3 is 0.747 bits per heavy atom. The summed E-state index contributed by atoms with van der Waals surface area (Å²) in [6.07, 6.45) is 93.5. The van der Waals surface area contributed by atoms with Crippen LogP contribution in [0.4, 0.5) is 0 Å². The minimum absolute atomic E-state index is 0.0756. The zero-order valence-corrected chi connectivity index (χ0v) is 55.5. The topological polar surface area (TPSA) is 78.9 Å². The first kappa shape index (κ1) is 79.8. The second kappa shape index (κ2) is 71.3. The second-order valence-electron chi connectivity index (χ2n) is 24.5. The van der Waals surface area contributed by atoms with Gasteiger partial charge in [-0.25, -0.2) is 0 Å². The average molecular weight is 1160 g/mol. The van der Waals surface area contributed by atoms with Crippen molar-refractivity contribution in [2.75, 3.05) is 13.2 Å². The Bertz CT molecular complexity index is 1520. The minimum atomic E-state index is -0.782. The molecule has 0 spiro atoms. The SMILES string of the molecule is CC/C=C\C/C=C\C/C=C\C/C=C\C/C=C\CCCCCCCCCC(=O)OCC(COC(=O)CCCCCCCCCCCCCCCCCCCCCCC)OC(=O)CCCCCCCCCCC/C=C\CCCCCCCCCC. The Morgan fingerprint density at radius 2 is 0.470 bits per heavy atom. The Hall–Kier alpha value is -3.15. The number of hydrogen-bond donors (Lipinski definition) is 0. The van der Waals surface area contributed by atoms with Crippen LogP contribution in [0.25, 0.3) is 0 Å². The Balaban J connectivity index is 4.37. The van der Waals surface area contributed by atoms with E-state index < -0.39 is 6.10 Å². The van der Waals surface area contributed by atoms with Crippen LogP contribution in [0.15, 0.2) is 72.9 Å². The lowest BCUT2D eigenvalue weighted by Gasteiger charge is -2.18. The number of carbonyl (C=O) groups excluding carboxylic acids is 3. The van der Waals surface area contributed by atoms with Crippen LogP contribution in [0.3, 0.4) is 0 Å². The van der Waals surface area contributed by atoms with E-state index >= 15 is 0 Å². The third-order valence-corrected chi connectivity index (χ3v) is 16.2. The summed E-state index contributed by atoms with van der Waals surface area (Å²) in [6, 6.07) is 0. The van der Waals surface area contributed by atoms with E-state index in [4.69, 9.17) is 14.2 Å². The molecule has 0 bridgehead atoms. The first-order chi connectivity index (χ1) is 41.0. The van der Waals surface area contributed by atoms with Gasteiger partial charge in [-0.15, -0.1) is 0 Å². The first-order valence-electron chi connectivity index (χ1n) is 36.4. The van der Waals surface area contributed by atoms with Gasteiger partial charge in [0.05, 0.1) is 0 Å². The van der Waals surface area contributed by atoms with Crippen molar-refractivity contribution in [2.24, 2.45) is 0 Å². The van der Waals surface area contributed by atoms with Crippen LogP contribution in [-0.2, 0) is 28.6 Å². The summed E-state index contributed by atoms with van der Waals surface area (Å²) < 4.78 is 17.0. The molecule has 0 fully saturated rings. The summed E-state index contributed by atoms with van der Waals surface area (Å²) in [5, 5.41) is 0. The summed E-state index contributed by atoms with van der Waals surface area (Å²) >= 11 is 0. The number of allylic oxidation sites excluding steroid dienone is 12. The van der Waals surface area contributed by atoms with Crippen molar-refractivity contribution < 1.29 is 28.6 Å². The quantitative estimate of drug-likeness (QED) is 0.0261. The van der Waals surface area contributed by atoms with Crippen LogP contribution in [0.2, 0.25) is 0 Å². The number of ether oxygens (including phenoxy) is 3. The molecule has 0 aromatic rings. The van der Waals surface area contributed by atoms with Crippen LogP contribution in [0.1, 0.15) is 380 Å². The van der Waals surface area contributed by atoms with Gasteiger partial charge in [-0.1, -0.05) is 344 Å². The summed E-state index contributed by atoms with van der Waals surface area (Å²) in [7, 11) is 0. The van der Waals surface area contributed by atoms with Crippen molar-refractivity contribution in [1.82, 2.24) is 0 Å². The van der Waals surface area contributed by atoms with E-state index in [0.717, 1.165) is 96.3 Å². The van der Waals surface area contributed by atoms with Gasteiger partial charge in [0.2, 0.25) is 0 Å². The Morgan fingerprint density at radius 1 is 0.253 bits per heavy atom. The molecule has 0 aliphatic heterocycles. The van der Waals surface area contributed by atoms with Gasteiger partial charge in [0.15, 0.2) is 6.10 Å². The van der Waals surface area contributed by atoms with E-state index in [2.05, 4.69) is 93.7 Å². The molecule has 83 heavy (non-hydrogen) atoms. The van der Waals surface area contributed by atoms with Crippen LogP contribution in [0.5, 0.6) is 0 Å². The summed E-state index contributed by atoms with van der Waals surface area (Å²) in [6.45, 7) is 6.59. The summed E-state index contributed by atoms with van der Waals surface area (Å²) in [5.74, 6) is -0.864. The van der Waals surface area contributed by atoms with E-state index in [-0.39, 0.29) is 31.1 Å². The van der Waals surface area contributed by atoms with Gasteiger partial charge in [-0.2, -0.15) is 0 Å². The molecule has 0 rings (SSSR count). The van der Waals surface area contributed by atoms with Crippen molar-refractivity contribution in [2.45, 2.75) is 386 Å². The molecule has 0 aromatic heterocycles. The molecule has 0 N–H and O–H groups in total. The van der Waals surface area contributed by atoms with Crippen molar-refractivity contribution in [3.63, 3.8) is 0 Å². The van der Waals surface area contributed by atoms with Gasteiger partial charge in [0.1, 0.15) is 13.2 Å². The fourth-order valence-electron chi connectivity index (χ4n) is 10.8. The highest BCUT2D eigenvalue weighted by atomic mass is 16.6. The van der Waals surface area contributed by atoms with Gasteiger partial charge in [0, 0.05) is 19.3 Å². The third-order valence-electron chi connectivity index (χ3n) is 16.2. The van der Waals surface area contributed by atoms with E-state index in [9.17, 15) is 14.4 Å². The molecule has 0 aliphatic rings. The van der Waals surface area contributed by atoms with E-state index in [1.165, 1.54) is 244 Å². The number of unbranched alkanes of at least 4 members (excludes halogenated alkanes) is 44. The molecule has 0 aromatic carbocycles. The first-order valence-corrected chi connectivity index (χ1v) is 36.4. The van der Waals surface area contributed by atoms with Gasteiger partial charge in [-0.3, -0.25) is 14.4 Å². The highest BCUT2D eigenvalue weighted by molar-refractivity contribution is 5.71. The van der Waals surface area contributed by atoms with E-state index in [1.54, 1.807) is 0 Å². The Labute approximate surface area is 516 Å². The largest absolute Gasteiger partial charge is 0.462 e. The van der Waals surface area contributed by atoms with Gasteiger partial charge in [0.25, 0.3) is 0 Å². The predicted octanol–water partition coefficient (Wildman–Crippen LogP) is 25.2. The average Bonchev–Trinajstić information content (AvgIpc) is 3.49. The number of carbonyl (C=O) groups is 3. The van der Waals surface area contributed by atoms with Crippen LogP contribution < -0.4 is 0 Å². The van der Waals surface area contributed by atoms with Crippen LogP contribution >= 0.6 is 0 Å². The second-order valence-corrected chi connectivity index (χ2v) is 24.5. The molecule has 1 unspecified atom stereocenters. The molecule has 6 nitrogen and oxygen atoms in total. The molecular formula is C77H138O6. The maximum atomic E-state index is 13.0. The molecule has 0 saturated heterocycles. The normalized spacial score (nSPS) is 12.5. The minimum Gasteiger partial charge on any atom is -0.462 e.